The van der Waals surface area contributed by atoms with Gasteiger partial charge >= 0.3 is 0 Å². The number of aliphatic hydroxyl groups excluding tert-OH is 1. The second kappa shape index (κ2) is 4.81. The summed E-state index contributed by atoms with van der Waals surface area (Å²) >= 11 is 0. The zero-order valence-electron chi connectivity index (χ0n) is 9.95. The SMILES string of the molecule is CCN(CC(C)O)C1CC2CCC(C1)N2. The van der Waals surface area contributed by atoms with Crippen LogP contribution in [0.25, 0.3) is 0 Å². The highest BCUT2D eigenvalue weighted by Crippen LogP contribution is 2.29. The van der Waals surface area contributed by atoms with E-state index in [1.54, 1.807) is 0 Å². The van der Waals surface area contributed by atoms with Crippen LogP contribution in [0.1, 0.15) is 39.5 Å². The molecule has 0 spiro atoms. The number of hydrogen-bond acceptors (Lipinski definition) is 3. The molecule has 3 atom stereocenters. The van der Waals surface area contributed by atoms with Crippen LogP contribution in [0.3, 0.4) is 0 Å². The maximum absolute atomic E-state index is 9.47. The normalized spacial score (nSPS) is 37.2. The van der Waals surface area contributed by atoms with Crippen LogP contribution in [0.2, 0.25) is 0 Å². The molecule has 0 aromatic rings. The van der Waals surface area contributed by atoms with Crippen LogP contribution in [-0.4, -0.2) is 47.3 Å². The van der Waals surface area contributed by atoms with Gasteiger partial charge in [-0.1, -0.05) is 6.92 Å². The first-order valence-corrected chi connectivity index (χ1v) is 6.37. The Labute approximate surface area is 92.8 Å². The summed E-state index contributed by atoms with van der Waals surface area (Å²) in [6, 6.07) is 2.19. The lowest BCUT2D eigenvalue weighted by molar-refractivity contribution is 0.0806. The summed E-state index contributed by atoms with van der Waals surface area (Å²) in [7, 11) is 0. The zero-order chi connectivity index (χ0) is 10.8. The lowest BCUT2D eigenvalue weighted by Crippen LogP contribution is -2.49. The fourth-order valence-electron chi connectivity index (χ4n) is 3.20. The summed E-state index contributed by atoms with van der Waals surface area (Å²) in [5.74, 6) is 0. The predicted molar refractivity (Wildman–Crippen MR) is 61.9 cm³/mol. The summed E-state index contributed by atoms with van der Waals surface area (Å²) in [5, 5.41) is 13.1. The van der Waals surface area contributed by atoms with E-state index in [4.69, 9.17) is 0 Å². The molecule has 2 N–H and O–H groups in total. The first-order chi connectivity index (χ1) is 7.19. The van der Waals surface area contributed by atoms with Gasteiger partial charge in [-0.2, -0.15) is 0 Å². The predicted octanol–water partition coefficient (Wildman–Crippen LogP) is 0.972. The molecule has 0 saturated carbocycles. The average molecular weight is 212 g/mol. The lowest BCUT2D eigenvalue weighted by atomic mass is 9.98. The van der Waals surface area contributed by atoms with E-state index in [2.05, 4.69) is 17.1 Å². The van der Waals surface area contributed by atoms with E-state index in [-0.39, 0.29) is 6.10 Å². The number of aliphatic hydroxyl groups is 1. The molecule has 2 fully saturated rings. The van der Waals surface area contributed by atoms with Gasteiger partial charge in [0, 0.05) is 24.7 Å². The Morgan fingerprint density at radius 2 is 1.93 bits per heavy atom. The minimum atomic E-state index is -0.197. The molecule has 2 aliphatic heterocycles. The van der Waals surface area contributed by atoms with Gasteiger partial charge in [0.05, 0.1) is 6.10 Å². The van der Waals surface area contributed by atoms with E-state index < -0.39 is 0 Å². The summed E-state index contributed by atoms with van der Waals surface area (Å²) in [4.78, 5) is 2.46. The van der Waals surface area contributed by atoms with Crippen molar-refractivity contribution in [2.45, 2.75) is 63.8 Å². The highest BCUT2D eigenvalue weighted by atomic mass is 16.3. The summed E-state index contributed by atoms with van der Waals surface area (Å²) in [6.45, 7) is 5.99. The summed E-state index contributed by atoms with van der Waals surface area (Å²) < 4.78 is 0. The van der Waals surface area contributed by atoms with Gasteiger partial charge in [0.1, 0.15) is 0 Å². The fourth-order valence-corrected chi connectivity index (χ4v) is 3.20. The molecule has 3 unspecified atom stereocenters. The molecular formula is C12H24N2O. The Hall–Kier alpha value is -0.120. The van der Waals surface area contributed by atoms with E-state index in [1.165, 1.54) is 25.7 Å². The highest BCUT2D eigenvalue weighted by molar-refractivity contribution is 4.95. The average Bonchev–Trinajstić information content (AvgIpc) is 2.54. The number of nitrogens with one attached hydrogen (secondary N) is 1. The van der Waals surface area contributed by atoms with E-state index in [9.17, 15) is 5.11 Å². The van der Waals surface area contributed by atoms with Gasteiger partial charge in [0.25, 0.3) is 0 Å². The first-order valence-electron chi connectivity index (χ1n) is 6.37. The van der Waals surface area contributed by atoms with Gasteiger partial charge in [0.2, 0.25) is 0 Å². The third-order valence-electron chi connectivity index (χ3n) is 3.87. The van der Waals surface area contributed by atoms with Crippen molar-refractivity contribution in [3.63, 3.8) is 0 Å². The molecule has 0 amide bonds. The van der Waals surface area contributed by atoms with Crippen LogP contribution in [0, 0.1) is 0 Å². The Morgan fingerprint density at radius 1 is 1.33 bits per heavy atom. The largest absolute Gasteiger partial charge is 0.392 e. The molecule has 2 saturated heterocycles. The Morgan fingerprint density at radius 3 is 2.40 bits per heavy atom. The van der Waals surface area contributed by atoms with Gasteiger partial charge in [-0.25, -0.2) is 0 Å². The first kappa shape index (κ1) is 11.4. The minimum Gasteiger partial charge on any atom is -0.392 e. The van der Waals surface area contributed by atoms with Crippen molar-refractivity contribution in [1.29, 1.82) is 0 Å². The fraction of sp³-hybridized carbons (Fsp3) is 1.00. The van der Waals surface area contributed by atoms with Crippen LogP contribution in [0.15, 0.2) is 0 Å². The molecule has 0 aromatic heterocycles. The lowest BCUT2D eigenvalue weighted by Gasteiger charge is -2.37. The maximum Gasteiger partial charge on any atom is 0.0639 e. The quantitative estimate of drug-likeness (QED) is 0.729. The molecule has 15 heavy (non-hydrogen) atoms. The second-order valence-corrected chi connectivity index (χ2v) is 5.20. The van der Waals surface area contributed by atoms with Gasteiger partial charge in [-0.05, 0) is 39.2 Å². The monoisotopic (exact) mass is 212 g/mol. The molecule has 2 bridgehead atoms. The summed E-state index contributed by atoms with van der Waals surface area (Å²) in [5.41, 5.74) is 0. The maximum atomic E-state index is 9.47. The Kier molecular flexibility index (Phi) is 3.65. The molecule has 2 heterocycles. The van der Waals surface area contributed by atoms with E-state index in [0.29, 0.717) is 6.04 Å². The second-order valence-electron chi connectivity index (χ2n) is 5.20. The number of hydrogen-bond donors (Lipinski definition) is 2. The Bertz CT molecular complexity index is 196. The smallest absolute Gasteiger partial charge is 0.0639 e. The molecule has 88 valence electrons. The third kappa shape index (κ3) is 2.71. The van der Waals surface area contributed by atoms with E-state index >= 15 is 0 Å². The number of rotatable bonds is 4. The van der Waals surface area contributed by atoms with Crippen molar-refractivity contribution in [2.24, 2.45) is 0 Å². The van der Waals surface area contributed by atoms with E-state index in [0.717, 1.165) is 25.2 Å². The molecule has 2 rings (SSSR count). The molecule has 3 nitrogen and oxygen atoms in total. The van der Waals surface area contributed by atoms with Crippen molar-refractivity contribution in [3.8, 4) is 0 Å². The van der Waals surface area contributed by atoms with Crippen LogP contribution >= 0.6 is 0 Å². The topological polar surface area (TPSA) is 35.5 Å². The molecule has 0 radical (unpaired) electrons. The minimum absolute atomic E-state index is 0.197. The molecule has 3 heteroatoms. The number of nitrogens with zero attached hydrogens (tertiary/aromatic N) is 1. The van der Waals surface area contributed by atoms with Crippen molar-refractivity contribution in [3.05, 3.63) is 0 Å². The van der Waals surface area contributed by atoms with Crippen LogP contribution in [-0.2, 0) is 0 Å². The molecular weight excluding hydrogens is 188 g/mol. The van der Waals surface area contributed by atoms with E-state index in [1.807, 2.05) is 6.92 Å². The third-order valence-corrected chi connectivity index (χ3v) is 3.87. The van der Waals surface area contributed by atoms with Crippen molar-refractivity contribution >= 4 is 0 Å². The van der Waals surface area contributed by atoms with Crippen molar-refractivity contribution in [2.75, 3.05) is 13.1 Å². The van der Waals surface area contributed by atoms with Crippen LogP contribution in [0.4, 0.5) is 0 Å². The zero-order valence-corrected chi connectivity index (χ0v) is 9.95. The van der Waals surface area contributed by atoms with Gasteiger partial charge in [-0.3, -0.25) is 4.90 Å². The van der Waals surface area contributed by atoms with Gasteiger partial charge in [0.15, 0.2) is 0 Å². The van der Waals surface area contributed by atoms with Crippen molar-refractivity contribution in [1.82, 2.24) is 10.2 Å². The number of likely N-dealkylation sites (N-methyl/N-ethyl adjacent to an activating group) is 1. The van der Waals surface area contributed by atoms with Crippen LogP contribution < -0.4 is 5.32 Å². The standard InChI is InChI=1S/C12H24N2O/c1-3-14(8-9(2)15)12-6-10-4-5-11(7-12)13-10/h9-13,15H,3-8H2,1-2H3. The van der Waals surface area contributed by atoms with Gasteiger partial charge in [-0.15, -0.1) is 0 Å². The van der Waals surface area contributed by atoms with Crippen molar-refractivity contribution < 1.29 is 5.11 Å². The number of fused-ring (bicyclic) bond motifs is 2. The number of piperidine rings is 1. The van der Waals surface area contributed by atoms with Crippen LogP contribution in [0.5, 0.6) is 0 Å². The molecule has 2 aliphatic rings. The summed E-state index contributed by atoms with van der Waals surface area (Å²) in [6.07, 6.45) is 5.06. The van der Waals surface area contributed by atoms with Gasteiger partial charge < -0.3 is 10.4 Å². The molecule has 0 aromatic carbocycles. The molecule has 0 aliphatic carbocycles. The Balaban J connectivity index is 1.91. The highest BCUT2D eigenvalue weighted by Gasteiger charge is 2.35.